The Hall–Kier alpha value is -2.06. The first-order valence-electron chi connectivity index (χ1n) is 7.82. The van der Waals surface area contributed by atoms with Gasteiger partial charge in [-0.3, -0.25) is 0 Å². The van der Waals surface area contributed by atoms with Crippen LogP contribution in [-0.2, 0) is 0 Å². The zero-order valence-electron chi connectivity index (χ0n) is 13.4. The van der Waals surface area contributed by atoms with E-state index in [4.69, 9.17) is 10.5 Å². The summed E-state index contributed by atoms with van der Waals surface area (Å²) in [6, 6.07) is 18.5. The van der Waals surface area contributed by atoms with E-state index in [9.17, 15) is 0 Å². The van der Waals surface area contributed by atoms with Gasteiger partial charge >= 0.3 is 0 Å². The first-order chi connectivity index (χ1) is 10.7. The van der Waals surface area contributed by atoms with E-state index in [-0.39, 0.29) is 6.04 Å². The predicted molar refractivity (Wildman–Crippen MR) is 93.8 cm³/mol. The Balaban J connectivity index is 1.85. The van der Waals surface area contributed by atoms with E-state index in [0.717, 1.165) is 24.2 Å². The van der Waals surface area contributed by atoms with Crippen LogP contribution in [0.5, 0.6) is 5.75 Å². The Kier molecular flexibility index (Phi) is 6.23. The molecule has 0 fully saturated rings. The van der Waals surface area contributed by atoms with Gasteiger partial charge in [-0.05, 0) is 42.0 Å². The van der Waals surface area contributed by atoms with Gasteiger partial charge in [-0.25, -0.2) is 0 Å². The molecule has 116 valence electrons. The lowest BCUT2D eigenvalue weighted by molar-refractivity contribution is 0.413. The van der Waals surface area contributed by atoms with Crippen LogP contribution in [0.3, 0.4) is 0 Å². The molecule has 2 atom stereocenters. The summed E-state index contributed by atoms with van der Waals surface area (Å²) < 4.78 is 5.25. The summed E-state index contributed by atoms with van der Waals surface area (Å²) >= 11 is 0. The quantitative estimate of drug-likeness (QED) is 0.794. The van der Waals surface area contributed by atoms with Crippen LogP contribution in [-0.4, -0.2) is 7.11 Å². The Morgan fingerprint density at radius 1 is 1.05 bits per heavy atom. The summed E-state index contributed by atoms with van der Waals surface area (Å²) in [5, 5.41) is 0. The highest BCUT2D eigenvalue weighted by molar-refractivity contribution is 5.48. The van der Waals surface area contributed by atoms with Crippen molar-refractivity contribution in [2.75, 3.05) is 7.11 Å². The Morgan fingerprint density at radius 3 is 2.55 bits per heavy atom. The van der Waals surface area contributed by atoms with Gasteiger partial charge in [0, 0.05) is 6.04 Å². The van der Waals surface area contributed by atoms with Gasteiger partial charge in [0.15, 0.2) is 0 Å². The molecule has 2 aromatic carbocycles. The van der Waals surface area contributed by atoms with Crippen LogP contribution < -0.4 is 10.5 Å². The minimum atomic E-state index is 0.0580. The molecule has 0 radical (unpaired) electrons. The molecular formula is C20H25NO. The van der Waals surface area contributed by atoms with Gasteiger partial charge in [0.25, 0.3) is 0 Å². The molecule has 0 saturated carbocycles. The number of hydrogen-bond acceptors (Lipinski definition) is 2. The molecule has 0 aliphatic heterocycles. The third kappa shape index (κ3) is 5.05. The Bertz CT molecular complexity index is 592. The van der Waals surface area contributed by atoms with Crippen molar-refractivity contribution < 1.29 is 4.74 Å². The van der Waals surface area contributed by atoms with Crippen LogP contribution in [0.15, 0.2) is 60.7 Å². The molecule has 22 heavy (non-hydrogen) atoms. The molecule has 0 bridgehead atoms. The number of ether oxygens (including phenoxy) is 1. The third-order valence-electron chi connectivity index (χ3n) is 3.87. The first-order valence-corrected chi connectivity index (χ1v) is 7.82. The fourth-order valence-corrected chi connectivity index (χ4v) is 2.42. The van der Waals surface area contributed by atoms with Crippen LogP contribution in [0.25, 0.3) is 6.08 Å². The number of hydrogen-bond donors (Lipinski definition) is 1. The summed E-state index contributed by atoms with van der Waals surface area (Å²) in [5.74, 6) is 1.38. The normalized spacial score (nSPS) is 14.0. The van der Waals surface area contributed by atoms with E-state index in [1.165, 1.54) is 5.56 Å². The van der Waals surface area contributed by atoms with E-state index in [0.29, 0.717) is 5.92 Å². The molecule has 0 aliphatic carbocycles. The molecule has 2 aromatic rings. The molecule has 2 nitrogen and oxygen atoms in total. The fourth-order valence-electron chi connectivity index (χ4n) is 2.42. The molecule has 0 heterocycles. The minimum absolute atomic E-state index is 0.0580. The predicted octanol–water partition coefficient (Wildman–Crippen LogP) is 4.82. The highest BCUT2D eigenvalue weighted by atomic mass is 16.5. The van der Waals surface area contributed by atoms with Crippen LogP contribution in [0.2, 0.25) is 0 Å². The van der Waals surface area contributed by atoms with Gasteiger partial charge in [-0.2, -0.15) is 0 Å². The molecular weight excluding hydrogens is 270 g/mol. The lowest BCUT2D eigenvalue weighted by Crippen LogP contribution is -2.11. The molecule has 2 N–H and O–H groups in total. The van der Waals surface area contributed by atoms with Crippen molar-refractivity contribution in [1.29, 1.82) is 0 Å². The fraction of sp³-hybridized carbons (Fsp3) is 0.300. The average molecular weight is 295 g/mol. The summed E-state index contributed by atoms with van der Waals surface area (Å²) in [7, 11) is 1.68. The molecule has 2 rings (SSSR count). The maximum atomic E-state index is 6.29. The van der Waals surface area contributed by atoms with Crippen molar-refractivity contribution in [1.82, 2.24) is 0 Å². The standard InChI is InChI=1S/C20H25NO/c1-16(11-13-17-7-4-3-5-8-17)12-14-20(21)18-9-6-10-19(15-18)22-2/h3-11,13,15-16,20H,12,14,21H2,1-2H3. The number of methoxy groups -OCH3 is 1. The second-order valence-electron chi connectivity index (χ2n) is 5.71. The van der Waals surface area contributed by atoms with Crippen molar-refractivity contribution in [2.45, 2.75) is 25.8 Å². The molecule has 0 spiro atoms. The number of nitrogens with two attached hydrogens (primary N) is 1. The number of rotatable bonds is 7. The van der Waals surface area contributed by atoms with Crippen LogP contribution in [0, 0.1) is 5.92 Å². The van der Waals surface area contributed by atoms with Crippen molar-refractivity contribution >= 4 is 6.08 Å². The second-order valence-corrected chi connectivity index (χ2v) is 5.71. The first kappa shape index (κ1) is 16.3. The number of benzene rings is 2. The summed E-state index contributed by atoms with van der Waals surface area (Å²) in [6.07, 6.45) is 6.48. The highest BCUT2D eigenvalue weighted by Gasteiger charge is 2.08. The van der Waals surface area contributed by atoms with Gasteiger partial charge in [-0.15, -0.1) is 0 Å². The van der Waals surface area contributed by atoms with Crippen LogP contribution in [0.1, 0.15) is 36.9 Å². The SMILES string of the molecule is COc1cccc(C(N)CCC(C)C=Cc2ccccc2)c1. The van der Waals surface area contributed by atoms with E-state index in [2.05, 4.69) is 49.4 Å². The van der Waals surface area contributed by atoms with Crippen LogP contribution in [0.4, 0.5) is 0 Å². The molecule has 0 aromatic heterocycles. The lowest BCUT2D eigenvalue weighted by Gasteiger charge is -2.14. The molecule has 0 saturated heterocycles. The zero-order valence-corrected chi connectivity index (χ0v) is 13.4. The van der Waals surface area contributed by atoms with Gasteiger partial charge < -0.3 is 10.5 Å². The average Bonchev–Trinajstić information content (AvgIpc) is 2.58. The molecule has 0 amide bonds. The second kappa shape index (κ2) is 8.40. The summed E-state index contributed by atoms with van der Waals surface area (Å²) in [5.41, 5.74) is 8.67. The number of allylic oxidation sites excluding steroid dienone is 1. The Morgan fingerprint density at radius 2 is 1.82 bits per heavy atom. The van der Waals surface area contributed by atoms with E-state index < -0.39 is 0 Å². The van der Waals surface area contributed by atoms with Gasteiger partial charge in [0.1, 0.15) is 5.75 Å². The van der Waals surface area contributed by atoms with Crippen LogP contribution >= 0.6 is 0 Å². The van der Waals surface area contributed by atoms with Crippen molar-refractivity contribution in [3.8, 4) is 5.75 Å². The molecule has 0 aliphatic rings. The highest BCUT2D eigenvalue weighted by Crippen LogP contribution is 2.23. The summed E-state index contributed by atoms with van der Waals surface area (Å²) in [6.45, 7) is 2.23. The van der Waals surface area contributed by atoms with Gasteiger partial charge in [0.05, 0.1) is 7.11 Å². The van der Waals surface area contributed by atoms with Crippen molar-refractivity contribution in [3.05, 3.63) is 71.8 Å². The zero-order chi connectivity index (χ0) is 15.8. The van der Waals surface area contributed by atoms with E-state index in [1.54, 1.807) is 7.11 Å². The Labute approximate surface area is 133 Å². The van der Waals surface area contributed by atoms with E-state index in [1.807, 2.05) is 24.3 Å². The largest absolute Gasteiger partial charge is 0.497 e. The minimum Gasteiger partial charge on any atom is -0.497 e. The van der Waals surface area contributed by atoms with Gasteiger partial charge in [-0.1, -0.05) is 61.5 Å². The lowest BCUT2D eigenvalue weighted by atomic mass is 9.96. The van der Waals surface area contributed by atoms with Gasteiger partial charge in [0.2, 0.25) is 0 Å². The monoisotopic (exact) mass is 295 g/mol. The third-order valence-corrected chi connectivity index (χ3v) is 3.87. The van der Waals surface area contributed by atoms with E-state index >= 15 is 0 Å². The molecule has 2 unspecified atom stereocenters. The van der Waals surface area contributed by atoms with Crippen molar-refractivity contribution in [3.63, 3.8) is 0 Å². The maximum Gasteiger partial charge on any atom is 0.119 e. The maximum absolute atomic E-state index is 6.29. The van der Waals surface area contributed by atoms with Crippen molar-refractivity contribution in [2.24, 2.45) is 11.7 Å². The molecule has 2 heteroatoms. The topological polar surface area (TPSA) is 35.2 Å². The summed E-state index contributed by atoms with van der Waals surface area (Å²) in [4.78, 5) is 0. The smallest absolute Gasteiger partial charge is 0.119 e.